The maximum Gasteiger partial charge on any atom is 0.119 e. The Labute approximate surface area is 116 Å². The van der Waals surface area contributed by atoms with Crippen molar-refractivity contribution in [1.82, 2.24) is 10.2 Å². The van der Waals surface area contributed by atoms with E-state index in [1.807, 2.05) is 13.1 Å². The molecule has 106 valence electrons. The van der Waals surface area contributed by atoms with Crippen molar-refractivity contribution in [3.8, 4) is 5.75 Å². The van der Waals surface area contributed by atoms with E-state index in [0.717, 1.165) is 18.2 Å². The number of methoxy groups -OCH3 is 1. The first kappa shape index (κ1) is 14.4. The second kappa shape index (κ2) is 6.92. The summed E-state index contributed by atoms with van der Waals surface area (Å²) in [6, 6.07) is 8.56. The molecule has 3 heteroatoms. The maximum absolute atomic E-state index is 5.36. The Morgan fingerprint density at radius 1 is 1.37 bits per heavy atom. The largest absolute Gasteiger partial charge is 0.497 e. The Bertz CT molecular complexity index is 386. The zero-order chi connectivity index (χ0) is 13.7. The lowest BCUT2D eigenvalue weighted by atomic mass is 9.80. The van der Waals surface area contributed by atoms with Crippen LogP contribution in [-0.2, 0) is 0 Å². The summed E-state index contributed by atoms with van der Waals surface area (Å²) in [5.41, 5.74) is 1.41. The van der Waals surface area contributed by atoms with Gasteiger partial charge in [-0.15, -0.1) is 0 Å². The second-order valence-corrected chi connectivity index (χ2v) is 5.58. The van der Waals surface area contributed by atoms with Crippen molar-refractivity contribution in [1.29, 1.82) is 0 Å². The average Bonchev–Trinajstić information content (AvgIpc) is 2.46. The second-order valence-electron chi connectivity index (χ2n) is 5.58. The van der Waals surface area contributed by atoms with Crippen molar-refractivity contribution in [3.05, 3.63) is 29.8 Å². The zero-order valence-electron chi connectivity index (χ0n) is 12.4. The molecule has 1 fully saturated rings. The lowest BCUT2D eigenvalue weighted by Gasteiger charge is -2.34. The third kappa shape index (κ3) is 3.71. The number of ether oxygens (including phenoxy) is 1. The standard InChI is InChI=1S/C16H26N2O/c1-17-12-16(13-7-9-18(2)10-8-13)14-5-4-6-15(11-14)19-3/h4-6,11,13,16-17H,7-10,12H2,1-3H3. The molecule has 3 nitrogen and oxygen atoms in total. The van der Waals surface area contributed by atoms with Gasteiger partial charge in [0.25, 0.3) is 0 Å². The third-order valence-corrected chi connectivity index (χ3v) is 4.28. The fraction of sp³-hybridized carbons (Fsp3) is 0.625. The highest BCUT2D eigenvalue weighted by Crippen LogP contribution is 2.33. The molecule has 1 heterocycles. The predicted molar refractivity (Wildman–Crippen MR) is 79.9 cm³/mol. The summed E-state index contributed by atoms with van der Waals surface area (Å²) in [6.07, 6.45) is 2.58. The van der Waals surface area contributed by atoms with Gasteiger partial charge in [0.05, 0.1) is 7.11 Å². The molecular weight excluding hydrogens is 236 g/mol. The number of benzene rings is 1. The topological polar surface area (TPSA) is 24.5 Å². The minimum atomic E-state index is 0.591. The van der Waals surface area contributed by atoms with Gasteiger partial charge in [0.1, 0.15) is 5.75 Å². The van der Waals surface area contributed by atoms with Gasteiger partial charge in [-0.3, -0.25) is 0 Å². The van der Waals surface area contributed by atoms with Gasteiger partial charge in [-0.25, -0.2) is 0 Å². The maximum atomic E-state index is 5.36. The number of nitrogens with one attached hydrogen (secondary N) is 1. The van der Waals surface area contributed by atoms with Crippen LogP contribution in [0.15, 0.2) is 24.3 Å². The molecule has 2 rings (SSSR count). The molecule has 1 atom stereocenters. The lowest BCUT2D eigenvalue weighted by molar-refractivity contribution is 0.196. The van der Waals surface area contributed by atoms with Crippen LogP contribution in [0.2, 0.25) is 0 Å². The SMILES string of the molecule is CNCC(c1cccc(OC)c1)C1CCN(C)CC1. The van der Waals surface area contributed by atoms with Crippen LogP contribution in [0.5, 0.6) is 5.75 Å². The molecule has 1 saturated heterocycles. The summed E-state index contributed by atoms with van der Waals surface area (Å²) in [7, 11) is 6.00. The summed E-state index contributed by atoms with van der Waals surface area (Å²) in [4.78, 5) is 2.43. The van der Waals surface area contributed by atoms with E-state index in [4.69, 9.17) is 4.74 Å². The average molecular weight is 262 g/mol. The number of rotatable bonds is 5. The molecule has 0 aromatic heterocycles. The molecule has 0 amide bonds. The molecule has 1 aromatic rings. The number of likely N-dealkylation sites (tertiary alicyclic amines) is 1. The fourth-order valence-corrected chi connectivity index (χ4v) is 3.08. The van der Waals surface area contributed by atoms with Crippen molar-refractivity contribution in [2.75, 3.05) is 40.8 Å². The number of nitrogens with zero attached hydrogens (tertiary/aromatic N) is 1. The summed E-state index contributed by atoms with van der Waals surface area (Å²) >= 11 is 0. The van der Waals surface area contributed by atoms with Crippen molar-refractivity contribution in [2.24, 2.45) is 5.92 Å². The van der Waals surface area contributed by atoms with Crippen LogP contribution in [0.3, 0.4) is 0 Å². The van der Waals surface area contributed by atoms with Gasteiger partial charge in [0.2, 0.25) is 0 Å². The van der Waals surface area contributed by atoms with E-state index < -0.39 is 0 Å². The van der Waals surface area contributed by atoms with E-state index in [0.29, 0.717) is 5.92 Å². The normalized spacial score (nSPS) is 19.3. The van der Waals surface area contributed by atoms with Crippen LogP contribution < -0.4 is 10.1 Å². The summed E-state index contributed by atoms with van der Waals surface area (Å²) in [6.45, 7) is 3.48. The Hall–Kier alpha value is -1.06. The number of hydrogen-bond donors (Lipinski definition) is 1. The third-order valence-electron chi connectivity index (χ3n) is 4.28. The van der Waals surface area contributed by atoms with Gasteiger partial charge in [0, 0.05) is 6.54 Å². The Morgan fingerprint density at radius 2 is 2.11 bits per heavy atom. The number of piperidine rings is 1. The molecule has 0 radical (unpaired) electrons. The summed E-state index contributed by atoms with van der Waals surface area (Å²) in [5, 5.41) is 3.36. The quantitative estimate of drug-likeness (QED) is 0.881. The first-order chi connectivity index (χ1) is 9.24. The molecule has 0 spiro atoms. The predicted octanol–water partition coefficient (Wildman–Crippen LogP) is 2.34. The van der Waals surface area contributed by atoms with Gasteiger partial charge >= 0.3 is 0 Å². The van der Waals surface area contributed by atoms with Crippen molar-refractivity contribution < 1.29 is 4.74 Å². The minimum Gasteiger partial charge on any atom is -0.497 e. The van der Waals surface area contributed by atoms with Crippen LogP contribution in [0.4, 0.5) is 0 Å². The molecule has 0 saturated carbocycles. The highest BCUT2D eigenvalue weighted by Gasteiger charge is 2.26. The van der Waals surface area contributed by atoms with E-state index in [-0.39, 0.29) is 0 Å². The fourth-order valence-electron chi connectivity index (χ4n) is 3.08. The molecule has 1 aliphatic rings. The molecule has 1 N–H and O–H groups in total. The van der Waals surface area contributed by atoms with Crippen LogP contribution in [0.25, 0.3) is 0 Å². The zero-order valence-corrected chi connectivity index (χ0v) is 12.4. The van der Waals surface area contributed by atoms with Crippen LogP contribution in [0.1, 0.15) is 24.3 Å². The van der Waals surface area contributed by atoms with Crippen molar-refractivity contribution in [3.63, 3.8) is 0 Å². The number of likely N-dealkylation sites (N-methyl/N-ethyl adjacent to an activating group) is 1. The van der Waals surface area contributed by atoms with Gasteiger partial charge in [-0.2, -0.15) is 0 Å². The van der Waals surface area contributed by atoms with E-state index in [1.54, 1.807) is 7.11 Å². The summed E-state index contributed by atoms with van der Waals surface area (Å²) < 4.78 is 5.36. The van der Waals surface area contributed by atoms with E-state index >= 15 is 0 Å². The minimum absolute atomic E-state index is 0.591. The molecule has 0 bridgehead atoms. The van der Waals surface area contributed by atoms with E-state index in [2.05, 4.69) is 35.5 Å². The van der Waals surface area contributed by atoms with Crippen LogP contribution in [0, 0.1) is 5.92 Å². The molecule has 1 aliphatic heterocycles. The Balaban J connectivity index is 2.14. The van der Waals surface area contributed by atoms with Crippen molar-refractivity contribution in [2.45, 2.75) is 18.8 Å². The van der Waals surface area contributed by atoms with Crippen LogP contribution >= 0.6 is 0 Å². The van der Waals surface area contributed by atoms with E-state index in [9.17, 15) is 0 Å². The van der Waals surface area contributed by atoms with Crippen LogP contribution in [-0.4, -0.2) is 45.7 Å². The first-order valence-corrected chi connectivity index (χ1v) is 7.21. The van der Waals surface area contributed by atoms with Gasteiger partial charge in [-0.05, 0) is 69.6 Å². The lowest BCUT2D eigenvalue weighted by Crippen LogP contribution is -2.35. The van der Waals surface area contributed by atoms with Gasteiger partial charge in [0.15, 0.2) is 0 Å². The molecular formula is C16H26N2O. The smallest absolute Gasteiger partial charge is 0.119 e. The first-order valence-electron chi connectivity index (χ1n) is 7.21. The molecule has 19 heavy (non-hydrogen) atoms. The monoisotopic (exact) mass is 262 g/mol. The van der Waals surface area contributed by atoms with E-state index in [1.165, 1.54) is 31.5 Å². The highest BCUT2D eigenvalue weighted by atomic mass is 16.5. The Morgan fingerprint density at radius 3 is 2.74 bits per heavy atom. The summed E-state index contributed by atoms with van der Waals surface area (Å²) in [5.74, 6) is 2.33. The molecule has 1 aromatic carbocycles. The number of hydrogen-bond acceptors (Lipinski definition) is 3. The van der Waals surface area contributed by atoms with Gasteiger partial charge in [-0.1, -0.05) is 12.1 Å². The molecule has 0 aliphatic carbocycles. The Kier molecular flexibility index (Phi) is 5.23. The molecule has 1 unspecified atom stereocenters. The van der Waals surface area contributed by atoms with Crippen molar-refractivity contribution >= 4 is 0 Å². The highest BCUT2D eigenvalue weighted by molar-refractivity contribution is 5.31. The van der Waals surface area contributed by atoms with Gasteiger partial charge < -0.3 is 15.0 Å².